The Bertz CT molecular complexity index is 1370. The molecule has 4 aromatic rings. The summed E-state index contributed by atoms with van der Waals surface area (Å²) in [5, 5.41) is 17.1. The summed E-state index contributed by atoms with van der Waals surface area (Å²) < 4.78 is 12.9. The minimum atomic E-state index is -1.05. The van der Waals surface area contributed by atoms with Crippen LogP contribution in [0.2, 0.25) is 10.0 Å². The van der Waals surface area contributed by atoms with Gasteiger partial charge in [0.1, 0.15) is 23.6 Å². The van der Waals surface area contributed by atoms with E-state index in [1.165, 1.54) is 29.5 Å². The van der Waals surface area contributed by atoms with Gasteiger partial charge >= 0.3 is 0 Å². The maximum Gasteiger partial charge on any atom is 0.269 e. The molecule has 0 bridgehead atoms. The van der Waals surface area contributed by atoms with Gasteiger partial charge < -0.3 is 14.8 Å². The summed E-state index contributed by atoms with van der Waals surface area (Å²) in [7, 11) is 0. The zero-order valence-electron chi connectivity index (χ0n) is 17.8. The topological polar surface area (TPSA) is 128 Å². The number of rotatable bonds is 8. The highest BCUT2D eigenvalue weighted by Gasteiger charge is 2.24. The molecule has 0 unspecified atom stereocenters. The molecule has 0 aliphatic rings. The fraction of sp³-hybridized carbons (Fsp3) is 0.182. The van der Waals surface area contributed by atoms with Crippen LogP contribution in [0.3, 0.4) is 0 Å². The Morgan fingerprint density at radius 3 is 2.79 bits per heavy atom. The Hall–Kier alpha value is -3.78. The molecule has 0 aliphatic heterocycles. The highest BCUT2D eigenvalue weighted by atomic mass is 35.5. The van der Waals surface area contributed by atoms with Crippen molar-refractivity contribution in [2.24, 2.45) is 0 Å². The van der Waals surface area contributed by atoms with Crippen molar-refractivity contribution >= 4 is 46.0 Å². The molecule has 1 N–H and O–H groups in total. The third-order valence-corrected chi connectivity index (χ3v) is 5.46. The number of fused-ring (bicyclic) bond motifs is 1. The second-order valence-corrected chi connectivity index (χ2v) is 7.63. The van der Waals surface area contributed by atoms with E-state index in [4.69, 9.17) is 37.9 Å². The monoisotopic (exact) mass is 497 g/mol. The van der Waals surface area contributed by atoms with Crippen molar-refractivity contribution in [1.29, 1.82) is 5.26 Å². The van der Waals surface area contributed by atoms with Crippen LogP contribution in [0.1, 0.15) is 12.5 Å². The number of ether oxygens (including phenoxy) is 2. The highest BCUT2D eigenvalue weighted by molar-refractivity contribution is 6.43. The van der Waals surface area contributed by atoms with Gasteiger partial charge in [-0.25, -0.2) is 19.6 Å². The SMILES string of the molecule is CCOC[C@H](Oc1ncnc2c1cnn2-c1cccc(Cl)c1Cl)C(=O)Nc1ccc(C#N)cn1. The molecule has 0 fully saturated rings. The van der Waals surface area contributed by atoms with E-state index in [2.05, 4.69) is 25.4 Å². The minimum Gasteiger partial charge on any atom is -0.461 e. The number of anilines is 1. The lowest BCUT2D eigenvalue weighted by atomic mass is 10.3. The van der Waals surface area contributed by atoms with Crippen LogP contribution in [0.5, 0.6) is 5.88 Å². The van der Waals surface area contributed by atoms with E-state index in [9.17, 15) is 4.79 Å². The molecular formula is C22H17Cl2N7O3. The minimum absolute atomic E-state index is 0.0294. The summed E-state index contributed by atoms with van der Waals surface area (Å²) in [6.45, 7) is 2.16. The molecule has 4 rings (SSSR count). The Labute approximate surface area is 204 Å². The van der Waals surface area contributed by atoms with Crippen LogP contribution in [-0.2, 0) is 9.53 Å². The number of carbonyl (C=O) groups excluding carboxylic acids is 1. The molecule has 3 heterocycles. The van der Waals surface area contributed by atoms with Crippen molar-refractivity contribution in [1.82, 2.24) is 24.7 Å². The average molecular weight is 498 g/mol. The normalized spacial score (nSPS) is 11.7. The maximum absolute atomic E-state index is 12.9. The van der Waals surface area contributed by atoms with Crippen molar-refractivity contribution < 1.29 is 14.3 Å². The van der Waals surface area contributed by atoms with Crippen molar-refractivity contribution in [3.05, 3.63) is 64.7 Å². The van der Waals surface area contributed by atoms with Gasteiger partial charge in [-0.1, -0.05) is 29.3 Å². The number of aromatic nitrogens is 5. The number of nitrogens with zero attached hydrogens (tertiary/aromatic N) is 6. The summed E-state index contributed by atoms with van der Waals surface area (Å²) >= 11 is 12.5. The van der Waals surface area contributed by atoms with Gasteiger partial charge in [-0.3, -0.25) is 4.79 Å². The lowest BCUT2D eigenvalue weighted by Gasteiger charge is -2.18. The molecule has 3 aromatic heterocycles. The van der Waals surface area contributed by atoms with Gasteiger partial charge in [0.25, 0.3) is 5.91 Å². The van der Waals surface area contributed by atoms with Crippen LogP contribution < -0.4 is 10.1 Å². The number of halogens is 2. The standard InChI is InChI=1S/C22H17Cl2N7O3/c1-2-33-11-17(21(32)30-18-7-6-13(8-25)9-26-18)34-22-14-10-29-31(20(14)27-12-28-22)16-5-3-4-15(23)19(16)24/h3-7,9-10,12,17H,2,11H2,1H3,(H,26,30,32)/t17-/m0/s1. The Balaban J connectivity index is 1.62. The first-order valence-electron chi connectivity index (χ1n) is 10.1. The number of nitriles is 1. The first kappa shape index (κ1) is 23.4. The number of carbonyl (C=O) groups is 1. The van der Waals surface area contributed by atoms with Crippen LogP contribution in [0.15, 0.2) is 49.1 Å². The van der Waals surface area contributed by atoms with Crippen LogP contribution in [-0.4, -0.2) is 50.0 Å². The molecule has 0 radical (unpaired) electrons. The van der Waals surface area contributed by atoms with Crippen LogP contribution >= 0.6 is 23.2 Å². The Morgan fingerprint density at radius 2 is 2.06 bits per heavy atom. The van der Waals surface area contributed by atoms with Crippen molar-refractivity contribution in [2.45, 2.75) is 13.0 Å². The molecule has 0 saturated heterocycles. The summed E-state index contributed by atoms with van der Waals surface area (Å²) in [6, 6.07) is 10.2. The Morgan fingerprint density at radius 1 is 1.21 bits per heavy atom. The lowest BCUT2D eigenvalue weighted by Crippen LogP contribution is -2.37. The van der Waals surface area contributed by atoms with Gasteiger partial charge in [-0.15, -0.1) is 0 Å². The smallest absolute Gasteiger partial charge is 0.269 e. The first-order chi connectivity index (χ1) is 16.5. The van der Waals surface area contributed by atoms with Crippen molar-refractivity contribution in [2.75, 3.05) is 18.5 Å². The predicted molar refractivity (Wildman–Crippen MR) is 125 cm³/mol. The van der Waals surface area contributed by atoms with Gasteiger partial charge in [0.15, 0.2) is 5.65 Å². The molecule has 1 aromatic carbocycles. The molecule has 12 heteroatoms. The molecule has 10 nitrogen and oxygen atoms in total. The molecule has 172 valence electrons. The summed E-state index contributed by atoms with van der Waals surface area (Å²) in [5.41, 5.74) is 1.32. The fourth-order valence-electron chi connectivity index (χ4n) is 3.01. The Kier molecular flexibility index (Phi) is 7.18. The number of hydrogen-bond acceptors (Lipinski definition) is 8. The van der Waals surface area contributed by atoms with Crippen molar-refractivity contribution in [3.63, 3.8) is 0 Å². The fourth-order valence-corrected chi connectivity index (χ4v) is 3.39. The molecule has 1 amide bonds. The molecule has 34 heavy (non-hydrogen) atoms. The third kappa shape index (κ3) is 4.92. The van der Waals surface area contributed by atoms with Gasteiger partial charge in [0.2, 0.25) is 12.0 Å². The van der Waals surface area contributed by atoms with E-state index in [0.717, 1.165) is 0 Å². The van der Waals surface area contributed by atoms with E-state index in [1.54, 1.807) is 31.2 Å². The molecular weight excluding hydrogens is 481 g/mol. The van der Waals surface area contributed by atoms with Gasteiger partial charge in [0.05, 0.1) is 34.1 Å². The third-order valence-electron chi connectivity index (χ3n) is 4.65. The summed E-state index contributed by atoms with van der Waals surface area (Å²) in [4.78, 5) is 25.4. The lowest BCUT2D eigenvalue weighted by molar-refractivity contribution is -0.125. The van der Waals surface area contributed by atoms with Crippen molar-refractivity contribution in [3.8, 4) is 17.6 Å². The summed E-state index contributed by atoms with van der Waals surface area (Å²) in [5.74, 6) is -0.0879. The van der Waals surface area contributed by atoms with Gasteiger partial charge in [-0.2, -0.15) is 10.4 Å². The van der Waals surface area contributed by atoms with Crippen LogP contribution in [0.4, 0.5) is 5.82 Å². The molecule has 1 atom stereocenters. The first-order valence-corrected chi connectivity index (χ1v) is 10.8. The second-order valence-electron chi connectivity index (χ2n) is 6.84. The van der Waals surface area contributed by atoms with E-state index in [0.29, 0.717) is 38.9 Å². The van der Waals surface area contributed by atoms with Gasteiger partial charge in [-0.05, 0) is 31.2 Å². The molecule has 0 spiro atoms. The zero-order chi connectivity index (χ0) is 24.1. The number of amides is 1. The van der Waals surface area contributed by atoms with Crippen LogP contribution in [0, 0.1) is 11.3 Å². The largest absolute Gasteiger partial charge is 0.461 e. The quantitative estimate of drug-likeness (QED) is 0.389. The number of pyridine rings is 1. The molecule has 0 saturated carbocycles. The second kappa shape index (κ2) is 10.4. The number of hydrogen-bond donors (Lipinski definition) is 1. The van der Waals surface area contributed by atoms with E-state index in [1.807, 2.05) is 6.07 Å². The van der Waals surface area contributed by atoms with Crippen LogP contribution in [0.25, 0.3) is 16.7 Å². The number of benzene rings is 1. The average Bonchev–Trinajstić information content (AvgIpc) is 3.28. The van der Waals surface area contributed by atoms with E-state index in [-0.39, 0.29) is 18.3 Å². The predicted octanol–water partition coefficient (Wildman–Crippen LogP) is 3.81. The molecule has 0 aliphatic carbocycles. The van der Waals surface area contributed by atoms with E-state index < -0.39 is 12.0 Å². The zero-order valence-corrected chi connectivity index (χ0v) is 19.3. The number of nitrogens with one attached hydrogen (secondary N) is 1. The van der Waals surface area contributed by atoms with E-state index >= 15 is 0 Å². The maximum atomic E-state index is 12.9. The summed E-state index contributed by atoms with van der Waals surface area (Å²) in [6.07, 6.45) is 3.12. The highest BCUT2D eigenvalue weighted by Crippen LogP contribution is 2.31. The van der Waals surface area contributed by atoms with Gasteiger partial charge in [0, 0.05) is 12.8 Å².